The minimum atomic E-state index is -0.179. The molecule has 0 aliphatic carbocycles. The third-order valence-corrected chi connectivity index (χ3v) is 4.14. The smallest absolute Gasteiger partial charge is 0.248 e. The largest absolute Gasteiger partial charge is 0.322 e. The Morgan fingerprint density at radius 2 is 2.18 bits per heavy atom. The van der Waals surface area contributed by atoms with Gasteiger partial charge >= 0.3 is 0 Å². The van der Waals surface area contributed by atoms with E-state index in [4.69, 9.17) is 0 Å². The maximum Gasteiger partial charge on any atom is 0.248 e. The van der Waals surface area contributed by atoms with Crippen LogP contribution in [0.1, 0.15) is 11.3 Å². The van der Waals surface area contributed by atoms with Crippen molar-refractivity contribution in [1.82, 2.24) is 9.38 Å². The van der Waals surface area contributed by atoms with Gasteiger partial charge in [0.1, 0.15) is 5.65 Å². The van der Waals surface area contributed by atoms with E-state index in [0.717, 1.165) is 27.1 Å². The Labute approximate surface area is 136 Å². The molecule has 0 saturated carbocycles. The molecule has 2 aromatic heterocycles. The molecule has 0 aliphatic rings. The number of fused-ring (bicyclic) bond motifs is 1. The summed E-state index contributed by atoms with van der Waals surface area (Å²) in [6.45, 7) is 2.00. The van der Waals surface area contributed by atoms with Gasteiger partial charge in [0, 0.05) is 22.4 Å². The molecule has 0 atom stereocenters. The number of carbonyl (C=O) groups excluding carboxylic acids is 1. The third kappa shape index (κ3) is 3.09. The number of nitrogens with one attached hydrogen (secondary N) is 1. The number of amides is 1. The summed E-state index contributed by atoms with van der Waals surface area (Å²) in [6, 6.07) is 11.5. The normalized spacial score (nSPS) is 11.2. The lowest BCUT2D eigenvalue weighted by atomic mass is 10.2. The van der Waals surface area contributed by atoms with E-state index in [-0.39, 0.29) is 5.91 Å². The van der Waals surface area contributed by atoms with Crippen LogP contribution in [0.5, 0.6) is 0 Å². The minimum Gasteiger partial charge on any atom is -0.322 e. The first kappa shape index (κ1) is 14.5. The zero-order valence-corrected chi connectivity index (χ0v) is 13.5. The van der Waals surface area contributed by atoms with Crippen molar-refractivity contribution < 1.29 is 4.79 Å². The van der Waals surface area contributed by atoms with E-state index in [1.165, 1.54) is 6.08 Å². The number of carbonyl (C=O) groups is 1. The second-order valence-corrected chi connectivity index (χ2v) is 5.75. The van der Waals surface area contributed by atoms with Gasteiger partial charge in [-0.15, -0.1) is 0 Å². The molecular formula is C17H14BrN3O. The first-order valence-electron chi connectivity index (χ1n) is 6.81. The molecule has 110 valence electrons. The molecule has 22 heavy (non-hydrogen) atoms. The van der Waals surface area contributed by atoms with E-state index in [9.17, 15) is 4.79 Å². The number of aromatic nitrogens is 2. The maximum atomic E-state index is 12.0. The molecule has 0 saturated heterocycles. The second kappa shape index (κ2) is 6.15. The molecule has 1 N–H and O–H groups in total. The molecule has 5 heteroatoms. The molecule has 1 aromatic carbocycles. The molecule has 2 heterocycles. The molecule has 3 aromatic rings. The summed E-state index contributed by atoms with van der Waals surface area (Å²) >= 11 is 3.45. The Morgan fingerprint density at radius 1 is 1.32 bits per heavy atom. The zero-order chi connectivity index (χ0) is 15.5. The Morgan fingerprint density at radius 3 is 3.00 bits per heavy atom. The van der Waals surface area contributed by atoms with Crippen LogP contribution in [0.3, 0.4) is 0 Å². The highest BCUT2D eigenvalue weighted by Gasteiger charge is 2.02. The van der Waals surface area contributed by atoms with E-state index in [1.807, 2.05) is 53.9 Å². The fourth-order valence-corrected chi connectivity index (χ4v) is 2.47. The highest BCUT2D eigenvalue weighted by Crippen LogP contribution is 2.20. The summed E-state index contributed by atoms with van der Waals surface area (Å²) in [5.41, 5.74) is 3.59. The van der Waals surface area contributed by atoms with Crippen molar-refractivity contribution in [2.75, 3.05) is 5.32 Å². The maximum absolute atomic E-state index is 12.0. The summed E-state index contributed by atoms with van der Waals surface area (Å²) in [5.74, 6) is -0.179. The lowest BCUT2D eigenvalue weighted by molar-refractivity contribution is -0.111. The van der Waals surface area contributed by atoms with Crippen LogP contribution in [-0.2, 0) is 4.79 Å². The van der Waals surface area contributed by atoms with Crippen LogP contribution in [0.4, 0.5) is 5.69 Å². The number of imidazole rings is 1. The Balaban J connectivity index is 1.74. The van der Waals surface area contributed by atoms with Crippen LogP contribution in [0, 0.1) is 6.92 Å². The number of benzene rings is 1. The number of hydrogen-bond acceptors (Lipinski definition) is 2. The number of pyridine rings is 1. The predicted octanol–water partition coefficient (Wildman–Crippen LogP) is 4.06. The van der Waals surface area contributed by atoms with Crippen LogP contribution in [0.15, 0.2) is 59.3 Å². The van der Waals surface area contributed by atoms with Gasteiger partial charge in [-0.1, -0.05) is 28.1 Å². The highest BCUT2D eigenvalue weighted by molar-refractivity contribution is 9.10. The lowest BCUT2D eigenvalue weighted by Crippen LogP contribution is -2.07. The highest BCUT2D eigenvalue weighted by atomic mass is 79.9. The summed E-state index contributed by atoms with van der Waals surface area (Å²) in [7, 11) is 0. The van der Waals surface area contributed by atoms with Crippen LogP contribution in [-0.4, -0.2) is 15.3 Å². The molecule has 0 radical (unpaired) electrons. The van der Waals surface area contributed by atoms with Crippen LogP contribution in [0.2, 0.25) is 0 Å². The fraction of sp³-hybridized carbons (Fsp3) is 0.0588. The van der Waals surface area contributed by atoms with Gasteiger partial charge in [-0.3, -0.25) is 4.79 Å². The van der Waals surface area contributed by atoms with Crippen molar-refractivity contribution in [1.29, 1.82) is 0 Å². The SMILES string of the molecule is Cc1ccc(NC(=O)/C=C/c2cnc3ccccn23)cc1Br. The number of rotatable bonds is 3. The Kier molecular flexibility index (Phi) is 4.06. The number of anilines is 1. The summed E-state index contributed by atoms with van der Waals surface area (Å²) in [5, 5.41) is 2.84. The third-order valence-electron chi connectivity index (χ3n) is 3.29. The van der Waals surface area contributed by atoms with Crippen LogP contribution < -0.4 is 5.32 Å². The van der Waals surface area contributed by atoms with Crippen LogP contribution >= 0.6 is 15.9 Å². The molecule has 0 spiro atoms. The van der Waals surface area contributed by atoms with E-state index in [1.54, 1.807) is 12.3 Å². The minimum absolute atomic E-state index is 0.179. The number of hydrogen-bond donors (Lipinski definition) is 1. The van der Waals surface area contributed by atoms with E-state index in [2.05, 4.69) is 26.2 Å². The Bertz CT molecular complexity index is 867. The molecule has 0 bridgehead atoms. The number of aryl methyl sites for hydroxylation is 1. The van der Waals surface area contributed by atoms with Gasteiger partial charge in [-0.25, -0.2) is 4.98 Å². The van der Waals surface area contributed by atoms with E-state index in [0.29, 0.717) is 0 Å². The molecule has 0 aliphatic heterocycles. The molecule has 1 amide bonds. The van der Waals surface area contributed by atoms with E-state index >= 15 is 0 Å². The van der Waals surface area contributed by atoms with Gasteiger partial charge in [-0.2, -0.15) is 0 Å². The lowest BCUT2D eigenvalue weighted by Gasteiger charge is -2.04. The van der Waals surface area contributed by atoms with Crippen molar-refractivity contribution in [3.63, 3.8) is 0 Å². The number of halogens is 1. The topological polar surface area (TPSA) is 46.4 Å². The second-order valence-electron chi connectivity index (χ2n) is 4.90. The Hall–Kier alpha value is -2.40. The zero-order valence-electron chi connectivity index (χ0n) is 12.0. The van der Waals surface area contributed by atoms with Gasteiger partial charge in [0.15, 0.2) is 0 Å². The van der Waals surface area contributed by atoms with Gasteiger partial charge < -0.3 is 9.72 Å². The van der Waals surface area contributed by atoms with Gasteiger partial charge in [0.25, 0.3) is 0 Å². The van der Waals surface area contributed by atoms with Crippen molar-refractivity contribution >= 4 is 39.2 Å². The average molecular weight is 356 g/mol. The van der Waals surface area contributed by atoms with Crippen molar-refractivity contribution in [3.8, 4) is 0 Å². The fourth-order valence-electron chi connectivity index (χ4n) is 2.09. The number of nitrogens with zero attached hydrogens (tertiary/aromatic N) is 2. The molecular weight excluding hydrogens is 342 g/mol. The summed E-state index contributed by atoms with van der Waals surface area (Å²) in [6.07, 6.45) is 6.90. The molecule has 0 unspecified atom stereocenters. The van der Waals surface area contributed by atoms with Gasteiger partial charge in [0.2, 0.25) is 5.91 Å². The van der Waals surface area contributed by atoms with Gasteiger partial charge in [0.05, 0.1) is 11.9 Å². The standard InChI is InChI=1S/C17H14BrN3O/c1-12-5-6-13(10-15(12)18)20-17(22)8-7-14-11-19-16-4-2-3-9-21(14)16/h2-11H,1H3,(H,20,22)/b8-7+. The first-order valence-corrected chi connectivity index (χ1v) is 7.60. The summed E-state index contributed by atoms with van der Waals surface area (Å²) in [4.78, 5) is 16.3. The molecule has 3 rings (SSSR count). The first-order chi connectivity index (χ1) is 10.6. The van der Waals surface area contributed by atoms with Crippen molar-refractivity contribution in [2.45, 2.75) is 6.92 Å². The molecule has 0 fully saturated rings. The van der Waals surface area contributed by atoms with Gasteiger partial charge in [-0.05, 0) is 42.8 Å². The predicted molar refractivity (Wildman–Crippen MR) is 91.7 cm³/mol. The molecule has 4 nitrogen and oxygen atoms in total. The van der Waals surface area contributed by atoms with E-state index < -0.39 is 0 Å². The van der Waals surface area contributed by atoms with Crippen molar-refractivity contribution in [3.05, 3.63) is 70.6 Å². The summed E-state index contributed by atoms with van der Waals surface area (Å²) < 4.78 is 2.89. The van der Waals surface area contributed by atoms with Crippen LogP contribution in [0.25, 0.3) is 11.7 Å². The monoisotopic (exact) mass is 355 g/mol. The quantitative estimate of drug-likeness (QED) is 0.720. The average Bonchev–Trinajstić information content (AvgIpc) is 2.92. The van der Waals surface area contributed by atoms with Crippen molar-refractivity contribution in [2.24, 2.45) is 0 Å².